The number of benzene rings is 1. The van der Waals surface area contributed by atoms with Crippen LogP contribution in [0.3, 0.4) is 0 Å². The van der Waals surface area contributed by atoms with Crippen molar-refractivity contribution in [3.8, 4) is 0 Å². The molecular weight excluding hydrogens is 248 g/mol. The monoisotopic (exact) mass is 268 g/mol. The maximum absolute atomic E-state index is 5.87. The van der Waals surface area contributed by atoms with Crippen molar-refractivity contribution in [2.24, 2.45) is 11.3 Å². The molecule has 3 nitrogen and oxygen atoms in total. The minimum Gasteiger partial charge on any atom is -0.381 e. The molecule has 2 aromatic rings. The summed E-state index contributed by atoms with van der Waals surface area (Å²) < 4.78 is 5.87. The average molecular weight is 268 g/mol. The summed E-state index contributed by atoms with van der Waals surface area (Å²) in [7, 11) is 0. The Labute approximate surface area is 119 Å². The van der Waals surface area contributed by atoms with Gasteiger partial charge in [0, 0.05) is 47.4 Å². The van der Waals surface area contributed by atoms with Crippen molar-refractivity contribution in [3.05, 3.63) is 36.7 Å². The molecule has 3 unspecified atom stereocenters. The van der Waals surface area contributed by atoms with E-state index in [0.717, 1.165) is 6.61 Å². The lowest BCUT2D eigenvalue weighted by Crippen LogP contribution is -2.63. The molecule has 104 valence electrons. The highest BCUT2D eigenvalue weighted by Gasteiger charge is 2.59. The number of anilines is 1. The van der Waals surface area contributed by atoms with Crippen LogP contribution >= 0.6 is 0 Å². The van der Waals surface area contributed by atoms with Gasteiger partial charge in [0.05, 0.1) is 6.10 Å². The van der Waals surface area contributed by atoms with Crippen molar-refractivity contribution >= 4 is 16.5 Å². The first-order valence-electron chi connectivity index (χ1n) is 7.39. The molecule has 20 heavy (non-hydrogen) atoms. The fourth-order valence-corrected chi connectivity index (χ4v) is 4.02. The van der Waals surface area contributed by atoms with Gasteiger partial charge in [-0.25, -0.2) is 0 Å². The number of nitrogens with one attached hydrogen (secondary N) is 1. The van der Waals surface area contributed by atoms with Gasteiger partial charge in [-0.1, -0.05) is 26.0 Å². The van der Waals surface area contributed by atoms with E-state index in [1.54, 1.807) is 0 Å². The number of nitrogens with zero attached hydrogens (tertiary/aromatic N) is 1. The fourth-order valence-electron chi connectivity index (χ4n) is 4.02. The largest absolute Gasteiger partial charge is 0.381 e. The standard InChI is InChI=1S/C17H20N2O/c1-17(2)15(12-7-9-20-16(12)17)19-14-5-3-4-11-6-8-18-10-13(11)14/h3-6,8,10,12,15-16,19H,7,9H2,1-2H3. The summed E-state index contributed by atoms with van der Waals surface area (Å²) in [6.45, 7) is 5.52. The summed E-state index contributed by atoms with van der Waals surface area (Å²) in [5, 5.41) is 6.20. The summed E-state index contributed by atoms with van der Waals surface area (Å²) in [5.74, 6) is 0.650. The lowest BCUT2D eigenvalue weighted by Gasteiger charge is -2.55. The van der Waals surface area contributed by atoms with Crippen LogP contribution < -0.4 is 5.32 Å². The zero-order chi connectivity index (χ0) is 13.7. The van der Waals surface area contributed by atoms with E-state index in [0.29, 0.717) is 18.1 Å². The highest BCUT2D eigenvalue weighted by molar-refractivity contribution is 5.93. The van der Waals surface area contributed by atoms with Crippen molar-refractivity contribution in [1.82, 2.24) is 4.98 Å². The Morgan fingerprint density at radius 3 is 3.10 bits per heavy atom. The van der Waals surface area contributed by atoms with Crippen LogP contribution in [0.4, 0.5) is 5.69 Å². The molecule has 0 amide bonds. The van der Waals surface area contributed by atoms with E-state index in [2.05, 4.69) is 48.4 Å². The molecule has 2 heterocycles. The Morgan fingerprint density at radius 1 is 1.30 bits per heavy atom. The van der Waals surface area contributed by atoms with Gasteiger partial charge in [0.25, 0.3) is 0 Å². The SMILES string of the molecule is CC1(C)C(Nc2cccc3ccncc23)C2CCOC21. The van der Waals surface area contributed by atoms with Gasteiger partial charge in [0.15, 0.2) is 0 Å². The summed E-state index contributed by atoms with van der Waals surface area (Å²) in [6, 6.07) is 8.95. The lowest BCUT2D eigenvalue weighted by atomic mass is 9.57. The topological polar surface area (TPSA) is 34.2 Å². The van der Waals surface area contributed by atoms with Crippen molar-refractivity contribution in [2.45, 2.75) is 32.4 Å². The minimum absolute atomic E-state index is 0.200. The second kappa shape index (κ2) is 4.19. The van der Waals surface area contributed by atoms with Crippen molar-refractivity contribution in [2.75, 3.05) is 11.9 Å². The molecule has 1 saturated carbocycles. The molecule has 1 aliphatic carbocycles. The number of hydrogen-bond donors (Lipinski definition) is 1. The van der Waals surface area contributed by atoms with E-state index in [1.165, 1.54) is 22.9 Å². The zero-order valence-electron chi connectivity index (χ0n) is 12.0. The minimum atomic E-state index is 0.200. The maximum Gasteiger partial charge on any atom is 0.0694 e. The Balaban J connectivity index is 1.68. The number of ether oxygens (including phenoxy) is 1. The molecule has 2 aliphatic rings. The third-order valence-electron chi connectivity index (χ3n) is 5.10. The van der Waals surface area contributed by atoms with E-state index in [1.807, 2.05) is 12.4 Å². The van der Waals surface area contributed by atoms with Crippen LogP contribution in [-0.2, 0) is 4.74 Å². The molecule has 1 N–H and O–H groups in total. The van der Waals surface area contributed by atoms with Gasteiger partial charge >= 0.3 is 0 Å². The van der Waals surface area contributed by atoms with E-state index < -0.39 is 0 Å². The predicted octanol–water partition coefficient (Wildman–Crippen LogP) is 3.46. The van der Waals surface area contributed by atoms with Crippen LogP contribution in [0.15, 0.2) is 36.7 Å². The van der Waals surface area contributed by atoms with E-state index >= 15 is 0 Å². The first-order chi connectivity index (χ1) is 9.68. The third-order valence-corrected chi connectivity index (χ3v) is 5.10. The van der Waals surface area contributed by atoms with Crippen LogP contribution in [0.1, 0.15) is 20.3 Å². The van der Waals surface area contributed by atoms with Gasteiger partial charge in [-0.2, -0.15) is 0 Å². The number of pyridine rings is 1. The average Bonchev–Trinajstić information content (AvgIpc) is 2.92. The highest BCUT2D eigenvalue weighted by atomic mass is 16.5. The van der Waals surface area contributed by atoms with Crippen LogP contribution in [-0.4, -0.2) is 23.7 Å². The van der Waals surface area contributed by atoms with Crippen LogP contribution in [0.25, 0.3) is 10.8 Å². The van der Waals surface area contributed by atoms with Gasteiger partial charge in [-0.3, -0.25) is 4.98 Å². The van der Waals surface area contributed by atoms with Crippen LogP contribution in [0.2, 0.25) is 0 Å². The highest BCUT2D eigenvalue weighted by Crippen LogP contribution is 2.53. The smallest absolute Gasteiger partial charge is 0.0694 e. The summed E-state index contributed by atoms with van der Waals surface area (Å²) in [4.78, 5) is 4.26. The first kappa shape index (κ1) is 12.2. The molecule has 2 fully saturated rings. The Morgan fingerprint density at radius 2 is 2.20 bits per heavy atom. The molecular formula is C17H20N2O. The number of rotatable bonds is 2. The zero-order valence-corrected chi connectivity index (χ0v) is 12.0. The van der Waals surface area contributed by atoms with Gasteiger partial charge in [0.2, 0.25) is 0 Å². The molecule has 0 radical (unpaired) electrons. The molecule has 4 rings (SSSR count). The van der Waals surface area contributed by atoms with Gasteiger partial charge in [-0.15, -0.1) is 0 Å². The van der Waals surface area contributed by atoms with Gasteiger partial charge < -0.3 is 10.1 Å². The van der Waals surface area contributed by atoms with Gasteiger partial charge in [0.1, 0.15) is 0 Å². The van der Waals surface area contributed by atoms with Gasteiger partial charge in [-0.05, 0) is 23.9 Å². The summed E-state index contributed by atoms with van der Waals surface area (Å²) >= 11 is 0. The van der Waals surface area contributed by atoms with Crippen molar-refractivity contribution in [1.29, 1.82) is 0 Å². The third kappa shape index (κ3) is 1.59. The number of hydrogen-bond acceptors (Lipinski definition) is 3. The van der Waals surface area contributed by atoms with Crippen molar-refractivity contribution < 1.29 is 4.74 Å². The maximum atomic E-state index is 5.87. The lowest BCUT2D eigenvalue weighted by molar-refractivity contribution is -0.0922. The Bertz CT molecular complexity index is 647. The van der Waals surface area contributed by atoms with Crippen LogP contribution in [0, 0.1) is 11.3 Å². The normalized spacial score (nSPS) is 30.8. The molecule has 0 bridgehead atoms. The fraction of sp³-hybridized carbons (Fsp3) is 0.471. The molecule has 1 aromatic carbocycles. The Hall–Kier alpha value is -1.61. The molecule has 3 atom stereocenters. The first-order valence-corrected chi connectivity index (χ1v) is 7.39. The molecule has 3 heteroatoms. The number of fused-ring (bicyclic) bond motifs is 2. The predicted molar refractivity (Wildman–Crippen MR) is 80.8 cm³/mol. The van der Waals surface area contributed by atoms with E-state index in [-0.39, 0.29) is 5.41 Å². The van der Waals surface area contributed by atoms with E-state index in [9.17, 15) is 0 Å². The van der Waals surface area contributed by atoms with Crippen molar-refractivity contribution in [3.63, 3.8) is 0 Å². The molecule has 1 aromatic heterocycles. The molecule has 1 saturated heterocycles. The summed E-state index contributed by atoms with van der Waals surface area (Å²) in [6.07, 6.45) is 5.40. The second-order valence-electron chi connectivity index (χ2n) is 6.59. The molecule has 1 aliphatic heterocycles. The second-order valence-corrected chi connectivity index (χ2v) is 6.59. The number of aromatic nitrogens is 1. The molecule has 0 spiro atoms. The van der Waals surface area contributed by atoms with Crippen LogP contribution in [0.5, 0.6) is 0 Å². The summed E-state index contributed by atoms with van der Waals surface area (Å²) in [5.41, 5.74) is 1.39. The van der Waals surface area contributed by atoms with E-state index in [4.69, 9.17) is 4.74 Å². The quantitative estimate of drug-likeness (QED) is 0.905. The Kier molecular flexibility index (Phi) is 2.55.